The number of rotatable bonds is 3. The number of pyridine rings is 1. The predicted octanol–water partition coefficient (Wildman–Crippen LogP) is 1.77. The summed E-state index contributed by atoms with van der Waals surface area (Å²) in [6.07, 6.45) is 2.23. The van der Waals surface area contributed by atoms with Gasteiger partial charge in [-0.1, -0.05) is 30.1 Å². The predicted molar refractivity (Wildman–Crippen MR) is 81.3 cm³/mol. The maximum absolute atomic E-state index is 12.0. The van der Waals surface area contributed by atoms with Gasteiger partial charge in [0, 0.05) is 32.4 Å². The van der Waals surface area contributed by atoms with Crippen LogP contribution in [0.4, 0.5) is 5.82 Å². The Labute approximate surface area is 128 Å². The van der Waals surface area contributed by atoms with E-state index >= 15 is 0 Å². The van der Waals surface area contributed by atoms with Crippen LogP contribution in [0.15, 0.2) is 12.3 Å². The van der Waals surface area contributed by atoms with E-state index in [9.17, 15) is 4.79 Å². The minimum Gasteiger partial charge on any atom is -0.352 e. The molecule has 0 unspecified atom stereocenters. The molecule has 2 rings (SSSR count). The number of aromatic nitrogens is 1. The fourth-order valence-corrected chi connectivity index (χ4v) is 2.69. The zero-order valence-corrected chi connectivity index (χ0v) is 12.9. The number of anilines is 1. The highest BCUT2D eigenvalue weighted by Crippen LogP contribution is 2.26. The van der Waals surface area contributed by atoms with Crippen molar-refractivity contribution in [1.82, 2.24) is 9.88 Å². The van der Waals surface area contributed by atoms with Crippen LogP contribution in [0.3, 0.4) is 0 Å². The summed E-state index contributed by atoms with van der Waals surface area (Å²) in [7, 11) is 0. The summed E-state index contributed by atoms with van der Waals surface area (Å²) in [5.41, 5.74) is 5.78. The first-order valence-electron chi connectivity index (χ1n) is 6.63. The maximum atomic E-state index is 12.0. The van der Waals surface area contributed by atoms with Crippen LogP contribution in [-0.4, -0.2) is 48.0 Å². The standard InChI is InChI=1S/C13H18Cl2N4O/c1-2-11(16)13(20)19-5-3-18(4-6-19)12-10(15)7-9(14)8-17-12/h7-8,11H,2-6,16H2,1H3/t11-/m0/s1. The molecule has 0 aromatic carbocycles. The number of hydrogen-bond donors (Lipinski definition) is 1. The first-order valence-corrected chi connectivity index (χ1v) is 7.39. The molecule has 0 radical (unpaired) electrons. The average molecular weight is 317 g/mol. The number of carbonyl (C=O) groups excluding carboxylic acids is 1. The molecule has 1 saturated heterocycles. The van der Waals surface area contributed by atoms with Crippen molar-refractivity contribution in [1.29, 1.82) is 0 Å². The van der Waals surface area contributed by atoms with Crippen molar-refractivity contribution in [2.24, 2.45) is 5.73 Å². The molecule has 1 amide bonds. The molecule has 2 heterocycles. The van der Waals surface area contributed by atoms with Crippen LogP contribution in [0.1, 0.15) is 13.3 Å². The molecule has 2 N–H and O–H groups in total. The van der Waals surface area contributed by atoms with Crippen molar-refractivity contribution in [2.75, 3.05) is 31.1 Å². The topological polar surface area (TPSA) is 62.5 Å². The fraction of sp³-hybridized carbons (Fsp3) is 0.538. The van der Waals surface area contributed by atoms with Gasteiger partial charge in [0.15, 0.2) is 0 Å². The molecule has 1 fully saturated rings. The second-order valence-corrected chi connectivity index (χ2v) is 5.63. The Hall–Kier alpha value is -1.04. The molecule has 1 aliphatic heterocycles. The van der Waals surface area contributed by atoms with E-state index in [0.717, 1.165) is 0 Å². The fourth-order valence-electron chi connectivity index (χ4n) is 2.19. The summed E-state index contributed by atoms with van der Waals surface area (Å²) in [6.45, 7) is 4.56. The number of halogens is 2. The van der Waals surface area contributed by atoms with Gasteiger partial charge in [-0.05, 0) is 12.5 Å². The molecule has 0 bridgehead atoms. The number of nitrogens with two attached hydrogens (primary N) is 1. The van der Waals surface area contributed by atoms with Gasteiger partial charge in [-0.3, -0.25) is 4.79 Å². The van der Waals surface area contributed by atoms with Crippen molar-refractivity contribution in [2.45, 2.75) is 19.4 Å². The van der Waals surface area contributed by atoms with Crippen molar-refractivity contribution < 1.29 is 4.79 Å². The van der Waals surface area contributed by atoms with Crippen LogP contribution in [-0.2, 0) is 4.79 Å². The molecule has 0 saturated carbocycles. The molecule has 20 heavy (non-hydrogen) atoms. The third-order valence-corrected chi connectivity index (χ3v) is 3.92. The Kier molecular flexibility index (Phi) is 5.07. The lowest BCUT2D eigenvalue weighted by molar-refractivity contribution is -0.132. The second-order valence-electron chi connectivity index (χ2n) is 4.79. The monoisotopic (exact) mass is 316 g/mol. The molecule has 1 aromatic heterocycles. The number of hydrogen-bond acceptors (Lipinski definition) is 4. The van der Waals surface area contributed by atoms with E-state index in [1.54, 1.807) is 17.2 Å². The highest BCUT2D eigenvalue weighted by atomic mass is 35.5. The van der Waals surface area contributed by atoms with Crippen LogP contribution in [0.2, 0.25) is 10.0 Å². The SMILES string of the molecule is CC[C@H](N)C(=O)N1CCN(c2ncc(Cl)cc2Cl)CC1. The molecule has 7 heteroatoms. The Bertz CT molecular complexity index is 489. The quantitative estimate of drug-likeness (QED) is 0.923. The third-order valence-electron chi connectivity index (χ3n) is 3.44. The van der Waals surface area contributed by atoms with Crippen molar-refractivity contribution in [3.63, 3.8) is 0 Å². The Morgan fingerprint density at radius 2 is 2.05 bits per heavy atom. The number of carbonyl (C=O) groups is 1. The number of nitrogens with zero attached hydrogens (tertiary/aromatic N) is 3. The van der Waals surface area contributed by atoms with E-state index < -0.39 is 6.04 Å². The summed E-state index contributed by atoms with van der Waals surface area (Å²) in [5, 5.41) is 1.05. The van der Waals surface area contributed by atoms with E-state index in [1.165, 1.54) is 0 Å². The Morgan fingerprint density at radius 3 is 2.60 bits per heavy atom. The summed E-state index contributed by atoms with van der Waals surface area (Å²) in [6, 6.07) is 1.27. The van der Waals surface area contributed by atoms with Crippen molar-refractivity contribution in [3.8, 4) is 0 Å². The van der Waals surface area contributed by atoms with E-state index in [1.807, 2.05) is 6.92 Å². The van der Waals surface area contributed by atoms with Gasteiger partial charge in [-0.2, -0.15) is 0 Å². The number of amides is 1. The zero-order valence-electron chi connectivity index (χ0n) is 11.4. The lowest BCUT2D eigenvalue weighted by Gasteiger charge is -2.36. The maximum Gasteiger partial charge on any atom is 0.239 e. The Morgan fingerprint density at radius 1 is 1.40 bits per heavy atom. The molecular formula is C13H18Cl2N4O. The van der Waals surface area contributed by atoms with E-state index in [2.05, 4.69) is 9.88 Å². The highest BCUT2D eigenvalue weighted by Gasteiger charge is 2.25. The molecule has 110 valence electrons. The van der Waals surface area contributed by atoms with Gasteiger partial charge >= 0.3 is 0 Å². The third kappa shape index (κ3) is 3.34. The van der Waals surface area contributed by atoms with Crippen molar-refractivity contribution >= 4 is 34.9 Å². The Balaban J connectivity index is 1.99. The minimum atomic E-state index is -0.404. The smallest absolute Gasteiger partial charge is 0.239 e. The van der Waals surface area contributed by atoms with Gasteiger partial charge in [0.2, 0.25) is 5.91 Å². The molecule has 0 spiro atoms. The van der Waals surface area contributed by atoms with Crippen LogP contribution >= 0.6 is 23.2 Å². The first-order chi connectivity index (χ1) is 9.52. The van der Waals surface area contributed by atoms with Gasteiger partial charge < -0.3 is 15.5 Å². The highest BCUT2D eigenvalue weighted by molar-refractivity contribution is 6.36. The minimum absolute atomic E-state index is 0.0160. The van der Waals surface area contributed by atoms with Crippen LogP contribution in [0, 0.1) is 0 Å². The van der Waals surface area contributed by atoms with Gasteiger partial charge in [0.25, 0.3) is 0 Å². The molecule has 1 aliphatic rings. The second kappa shape index (κ2) is 6.61. The van der Waals surface area contributed by atoms with Gasteiger partial charge in [-0.25, -0.2) is 4.98 Å². The van der Waals surface area contributed by atoms with Crippen LogP contribution in [0.5, 0.6) is 0 Å². The van der Waals surface area contributed by atoms with Crippen LogP contribution in [0.25, 0.3) is 0 Å². The van der Waals surface area contributed by atoms with E-state index in [4.69, 9.17) is 28.9 Å². The van der Waals surface area contributed by atoms with Gasteiger partial charge in [0.05, 0.1) is 16.1 Å². The summed E-state index contributed by atoms with van der Waals surface area (Å²) < 4.78 is 0. The average Bonchev–Trinajstić information content (AvgIpc) is 2.46. The molecular weight excluding hydrogens is 299 g/mol. The van der Waals surface area contributed by atoms with Gasteiger partial charge in [-0.15, -0.1) is 0 Å². The van der Waals surface area contributed by atoms with E-state index in [0.29, 0.717) is 48.5 Å². The summed E-state index contributed by atoms with van der Waals surface area (Å²) in [5.74, 6) is 0.727. The largest absolute Gasteiger partial charge is 0.352 e. The summed E-state index contributed by atoms with van der Waals surface area (Å²) in [4.78, 5) is 20.1. The lowest BCUT2D eigenvalue weighted by atomic mass is 10.2. The van der Waals surface area contributed by atoms with Gasteiger partial charge in [0.1, 0.15) is 5.82 Å². The lowest BCUT2D eigenvalue weighted by Crippen LogP contribution is -2.53. The molecule has 0 aliphatic carbocycles. The van der Waals surface area contributed by atoms with Crippen LogP contribution < -0.4 is 10.6 Å². The van der Waals surface area contributed by atoms with E-state index in [-0.39, 0.29) is 5.91 Å². The normalized spacial score (nSPS) is 17.2. The molecule has 5 nitrogen and oxygen atoms in total. The zero-order chi connectivity index (χ0) is 14.7. The molecule has 1 atom stereocenters. The summed E-state index contributed by atoms with van der Waals surface area (Å²) >= 11 is 12.0. The van der Waals surface area contributed by atoms with Crippen molar-refractivity contribution in [3.05, 3.63) is 22.3 Å². The number of piperazine rings is 1. The first kappa shape index (κ1) is 15.4. The molecule has 1 aromatic rings.